The predicted molar refractivity (Wildman–Crippen MR) is 110 cm³/mol. The molecule has 2 aromatic rings. The van der Waals surface area contributed by atoms with E-state index in [0.717, 1.165) is 31.7 Å². The summed E-state index contributed by atoms with van der Waals surface area (Å²) in [5, 5.41) is 9.69. The van der Waals surface area contributed by atoms with Crippen LogP contribution in [0, 0.1) is 11.8 Å². The number of aliphatic carboxylic acids is 1. The molecule has 0 bridgehead atoms. The maximum Gasteiger partial charge on any atom is 0.417 e. The Balaban J connectivity index is 1.56. The first kappa shape index (κ1) is 21.7. The highest BCUT2D eigenvalue weighted by Gasteiger charge is 2.43. The van der Waals surface area contributed by atoms with E-state index in [1.807, 2.05) is 0 Å². The molecule has 4 unspecified atom stereocenters. The standard InChI is InChI=1S/C23H27F3N2O3/c1-13(16-12-27-18-8-3-7-17(21(16)18)23(24,25)26)11-20(29)28-10-4-6-14-15(22(30)31)5-2-9-19(14)28/h3,7-8,12-15,19,27H,2,4-6,9-11H2,1H3,(H,30,31). The molecule has 2 N–H and O–H groups in total. The highest BCUT2D eigenvalue weighted by molar-refractivity contribution is 5.88. The summed E-state index contributed by atoms with van der Waals surface area (Å²) >= 11 is 0. The third-order valence-electron chi connectivity index (χ3n) is 7.05. The summed E-state index contributed by atoms with van der Waals surface area (Å²) in [5.41, 5.74) is 0.186. The highest BCUT2D eigenvalue weighted by Crippen LogP contribution is 2.42. The van der Waals surface area contributed by atoms with Gasteiger partial charge in [0.2, 0.25) is 5.91 Å². The fourth-order valence-electron chi connectivity index (χ4n) is 5.63. The number of H-pyrrole nitrogens is 1. The van der Waals surface area contributed by atoms with Crippen molar-refractivity contribution in [2.24, 2.45) is 11.8 Å². The number of nitrogens with one attached hydrogen (secondary N) is 1. The van der Waals surface area contributed by atoms with Crippen molar-refractivity contribution in [3.8, 4) is 0 Å². The van der Waals surface area contributed by atoms with Crippen LogP contribution in [0.2, 0.25) is 0 Å². The van der Waals surface area contributed by atoms with E-state index in [9.17, 15) is 27.9 Å². The summed E-state index contributed by atoms with van der Waals surface area (Å²) in [5.74, 6) is -1.76. The number of carbonyl (C=O) groups is 2. The van der Waals surface area contributed by atoms with Crippen molar-refractivity contribution in [3.63, 3.8) is 0 Å². The number of hydrogen-bond acceptors (Lipinski definition) is 2. The minimum atomic E-state index is -4.48. The average molecular weight is 436 g/mol. The SMILES string of the molecule is CC(CC(=O)N1CCCC2C(C(=O)O)CCCC21)c1c[nH]c2cccc(C(F)(F)F)c12. The Morgan fingerprint density at radius 2 is 2.00 bits per heavy atom. The number of carboxylic acid groups (broad SMARTS) is 1. The summed E-state index contributed by atoms with van der Waals surface area (Å²) in [6.07, 6.45) is 0.959. The number of benzene rings is 1. The molecule has 2 fully saturated rings. The van der Waals surface area contributed by atoms with E-state index in [4.69, 9.17) is 0 Å². The summed E-state index contributed by atoms with van der Waals surface area (Å²) < 4.78 is 40.6. The number of rotatable bonds is 4. The summed E-state index contributed by atoms with van der Waals surface area (Å²) in [6.45, 7) is 2.36. The molecule has 5 nitrogen and oxygen atoms in total. The maximum atomic E-state index is 13.5. The van der Waals surface area contributed by atoms with Gasteiger partial charge in [0.25, 0.3) is 0 Å². The van der Waals surface area contributed by atoms with Gasteiger partial charge in [-0.05, 0) is 55.2 Å². The fourth-order valence-corrected chi connectivity index (χ4v) is 5.63. The quantitative estimate of drug-likeness (QED) is 0.694. The predicted octanol–water partition coefficient (Wildman–Crippen LogP) is 5.17. The monoisotopic (exact) mass is 436 g/mol. The molecule has 4 rings (SSSR count). The van der Waals surface area contributed by atoms with Gasteiger partial charge in [-0.25, -0.2) is 0 Å². The van der Waals surface area contributed by atoms with Crippen LogP contribution < -0.4 is 0 Å². The van der Waals surface area contributed by atoms with Gasteiger partial charge in [0.15, 0.2) is 0 Å². The molecular formula is C23H27F3N2O3. The zero-order valence-corrected chi connectivity index (χ0v) is 17.4. The molecule has 168 valence electrons. The van der Waals surface area contributed by atoms with Gasteiger partial charge in [-0.3, -0.25) is 9.59 Å². The Morgan fingerprint density at radius 1 is 1.23 bits per heavy atom. The molecule has 1 aliphatic carbocycles. The van der Waals surface area contributed by atoms with Gasteiger partial charge in [-0.1, -0.05) is 19.4 Å². The van der Waals surface area contributed by atoms with E-state index >= 15 is 0 Å². The number of fused-ring (bicyclic) bond motifs is 2. The summed E-state index contributed by atoms with van der Waals surface area (Å²) in [4.78, 5) is 29.6. The minimum Gasteiger partial charge on any atom is -0.481 e. The van der Waals surface area contributed by atoms with Crippen LogP contribution in [-0.2, 0) is 15.8 Å². The number of piperidine rings is 1. The van der Waals surface area contributed by atoms with Crippen LogP contribution in [0.4, 0.5) is 13.2 Å². The van der Waals surface area contributed by atoms with Gasteiger partial charge < -0.3 is 15.0 Å². The Kier molecular flexibility index (Phi) is 5.75. The zero-order valence-electron chi connectivity index (χ0n) is 17.4. The fraction of sp³-hybridized carbons (Fsp3) is 0.565. The molecule has 8 heteroatoms. The van der Waals surface area contributed by atoms with Gasteiger partial charge in [-0.15, -0.1) is 0 Å². The molecule has 31 heavy (non-hydrogen) atoms. The lowest BCUT2D eigenvalue weighted by atomic mass is 9.71. The van der Waals surface area contributed by atoms with E-state index in [-0.39, 0.29) is 29.7 Å². The van der Waals surface area contributed by atoms with Crippen LogP contribution in [0.3, 0.4) is 0 Å². The second-order valence-electron chi connectivity index (χ2n) is 8.91. The lowest BCUT2D eigenvalue weighted by molar-refractivity contribution is -0.152. The number of carbonyl (C=O) groups excluding carboxylic acids is 1. The van der Waals surface area contributed by atoms with Crippen molar-refractivity contribution in [1.82, 2.24) is 9.88 Å². The number of carboxylic acids is 1. The molecule has 1 aromatic heterocycles. The smallest absolute Gasteiger partial charge is 0.417 e. The maximum absolute atomic E-state index is 13.5. The Labute approximate surface area is 178 Å². The number of alkyl halides is 3. The first-order valence-corrected chi connectivity index (χ1v) is 10.9. The molecule has 0 spiro atoms. The van der Waals surface area contributed by atoms with Crippen LogP contribution in [-0.4, -0.2) is 39.5 Å². The molecule has 2 aliphatic rings. The Bertz CT molecular complexity index is 984. The van der Waals surface area contributed by atoms with E-state index in [0.29, 0.717) is 24.0 Å². The molecule has 1 amide bonds. The van der Waals surface area contributed by atoms with E-state index in [1.165, 1.54) is 6.07 Å². The molecule has 1 aliphatic heterocycles. The number of likely N-dealkylation sites (tertiary alicyclic amines) is 1. The van der Waals surface area contributed by atoms with Crippen molar-refractivity contribution >= 4 is 22.8 Å². The second kappa shape index (κ2) is 8.20. The van der Waals surface area contributed by atoms with Gasteiger partial charge in [0, 0.05) is 36.1 Å². The number of aromatic amines is 1. The van der Waals surface area contributed by atoms with Gasteiger partial charge in [0.05, 0.1) is 11.5 Å². The van der Waals surface area contributed by atoms with Crippen molar-refractivity contribution in [1.29, 1.82) is 0 Å². The summed E-state index contributed by atoms with van der Waals surface area (Å²) in [7, 11) is 0. The van der Waals surface area contributed by atoms with Crippen LogP contribution in [0.25, 0.3) is 10.9 Å². The Hall–Kier alpha value is -2.51. The highest BCUT2D eigenvalue weighted by atomic mass is 19.4. The van der Waals surface area contributed by atoms with Crippen LogP contribution in [0.5, 0.6) is 0 Å². The van der Waals surface area contributed by atoms with Gasteiger partial charge >= 0.3 is 12.1 Å². The molecular weight excluding hydrogens is 409 g/mol. The second-order valence-corrected chi connectivity index (χ2v) is 8.91. The number of amides is 1. The lowest BCUT2D eigenvalue weighted by Gasteiger charge is -2.46. The lowest BCUT2D eigenvalue weighted by Crippen LogP contribution is -2.53. The normalized spacial score (nSPS) is 25.3. The van der Waals surface area contributed by atoms with E-state index in [1.54, 1.807) is 24.1 Å². The molecule has 1 aromatic carbocycles. The van der Waals surface area contributed by atoms with Crippen LogP contribution >= 0.6 is 0 Å². The number of nitrogens with zero attached hydrogens (tertiary/aromatic N) is 1. The molecule has 1 saturated carbocycles. The molecule has 4 atom stereocenters. The van der Waals surface area contributed by atoms with Crippen LogP contribution in [0.15, 0.2) is 24.4 Å². The largest absolute Gasteiger partial charge is 0.481 e. The number of hydrogen-bond donors (Lipinski definition) is 2. The number of halogens is 3. The van der Waals surface area contributed by atoms with Gasteiger partial charge in [0.1, 0.15) is 0 Å². The van der Waals surface area contributed by atoms with E-state index < -0.39 is 29.5 Å². The van der Waals surface area contributed by atoms with Crippen molar-refractivity contribution in [2.75, 3.05) is 6.54 Å². The Morgan fingerprint density at radius 3 is 2.71 bits per heavy atom. The number of aromatic nitrogens is 1. The first-order chi connectivity index (χ1) is 14.7. The average Bonchev–Trinajstić information content (AvgIpc) is 3.16. The third-order valence-corrected chi connectivity index (χ3v) is 7.05. The molecule has 0 radical (unpaired) electrons. The van der Waals surface area contributed by atoms with Crippen molar-refractivity contribution < 1.29 is 27.9 Å². The van der Waals surface area contributed by atoms with Crippen molar-refractivity contribution in [3.05, 3.63) is 35.5 Å². The molecule has 2 heterocycles. The van der Waals surface area contributed by atoms with Crippen LogP contribution in [0.1, 0.15) is 62.5 Å². The van der Waals surface area contributed by atoms with Crippen molar-refractivity contribution in [2.45, 2.75) is 63.6 Å². The van der Waals surface area contributed by atoms with E-state index in [2.05, 4.69) is 4.98 Å². The topological polar surface area (TPSA) is 73.4 Å². The summed E-state index contributed by atoms with van der Waals surface area (Å²) in [6, 6.07) is 3.96. The molecule has 1 saturated heterocycles. The minimum absolute atomic E-state index is 0.0378. The first-order valence-electron chi connectivity index (χ1n) is 10.9. The zero-order chi connectivity index (χ0) is 22.3. The van der Waals surface area contributed by atoms with Gasteiger partial charge in [-0.2, -0.15) is 13.2 Å². The third kappa shape index (κ3) is 4.04.